The molecule has 0 amide bonds. The Kier molecular flexibility index (Phi) is 5.48. The molecule has 1 fully saturated rings. The number of carbonyl (C=O) groups is 1. The van der Waals surface area contributed by atoms with Crippen LogP contribution in [0.15, 0.2) is 33.6 Å². The summed E-state index contributed by atoms with van der Waals surface area (Å²) in [5, 5.41) is 17.4. The molecule has 3 heterocycles. The van der Waals surface area contributed by atoms with Crippen molar-refractivity contribution in [2.75, 3.05) is 23.3 Å². The van der Waals surface area contributed by atoms with Crippen molar-refractivity contribution in [3.8, 4) is 0 Å². The van der Waals surface area contributed by atoms with E-state index in [1.165, 1.54) is 10.9 Å². The number of aromatic carboxylic acids is 1. The van der Waals surface area contributed by atoms with Gasteiger partial charge in [0.25, 0.3) is 0 Å². The molecule has 2 N–H and O–H groups in total. The number of carboxylic acid groups (broad SMARTS) is 1. The van der Waals surface area contributed by atoms with Crippen LogP contribution in [0.25, 0.3) is 11.0 Å². The molecule has 1 aromatic carbocycles. The average Bonchev–Trinajstić information content (AvgIpc) is 3.08. The zero-order valence-corrected chi connectivity index (χ0v) is 19.2. The number of carboxylic acids is 1. The summed E-state index contributed by atoms with van der Waals surface area (Å²) in [5.74, 6) is -0.193. The van der Waals surface area contributed by atoms with Gasteiger partial charge in [0.2, 0.25) is 0 Å². The van der Waals surface area contributed by atoms with E-state index >= 15 is 0 Å². The van der Waals surface area contributed by atoms with Gasteiger partial charge in [-0.05, 0) is 43.7 Å². The molecule has 1 unspecified atom stereocenters. The number of rotatable bonds is 5. The minimum Gasteiger partial charge on any atom is -0.477 e. The molecule has 1 aliphatic rings. The summed E-state index contributed by atoms with van der Waals surface area (Å²) in [7, 11) is 1.68. The zero-order valence-electron chi connectivity index (χ0n) is 19.2. The average molecular weight is 439 g/mol. The highest BCUT2D eigenvalue weighted by atomic mass is 16.4. The molecule has 1 atom stereocenters. The number of hydrogen-bond acceptors (Lipinski definition) is 6. The van der Waals surface area contributed by atoms with Crippen LogP contribution < -0.4 is 15.6 Å². The second-order valence-electron chi connectivity index (χ2n) is 9.57. The second-order valence-corrected chi connectivity index (χ2v) is 9.57. The quantitative estimate of drug-likeness (QED) is 0.611. The lowest BCUT2D eigenvalue weighted by atomic mass is 9.83. The van der Waals surface area contributed by atoms with Crippen molar-refractivity contribution in [2.45, 2.75) is 46.6 Å². The third-order valence-electron chi connectivity index (χ3n) is 6.30. The zero-order chi connectivity index (χ0) is 23.2. The number of anilines is 2. The van der Waals surface area contributed by atoms with Crippen LogP contribution in [0, 0.1) is 12.3 Å². The van der Waals surface area contributed by atoms with Gasteiger partial charge in [0.15, 0.2) is 17.1 Å². The van der Waals surface area contributed by atoms with E-state index < -0.39 is 5.97 Å². The van der Waals surface area contributed by atoms with Crippen LogP contribution in [-0.4, -0.2) is 33.9 Å². The lowest BCUT2D eigenvalue weighted by molar-refractivity contribution is 0.0697. The predicted octanol–water partition coefficient (Wildman–Crippen LogP) is 4.33. The van der Waals surface area contributed by atoms with Gasteiger partial charge in [0, 0.05) is 38.0 Å². The molecule has 32 heavy (non-hydrogen) atoms. The second kappa shape index (κ2) is 8.00. The van der Waals surface area contributed by atoms with E-state index in [-0.39, 0.29) is 22.9 Å². The standard InChI is InChI=1S/C24H30N4O4/c1-14-10-16(15(2)25-22-18(23(30)31)13-27(5)26-22)21-17(11-14)19(29)12-20(32-21)28-8-6-24(3,4)7-9-28/h10-13,15H,6-9H2,1-5H3,(H,25,26)(H,30,31). The first-order chi connectivity index (χ1) is 15.0. The highest BCUT2D eigenvalue weighted by molar-refractivity contribution is 5.93. The minimum absolute atomic E-state index is 0.0766. The van der Waals surface area contributed by atoms with E-state index in [1.807, 2.05) is 26.0 Å². The lowest BCUT2D eigenvalue weighted by Crippen LogP contribution is -2.37. The number of nitrogens with one attached hydrogen (secondary N) is 1. The Labute approximate surface area is 186 Å². The van der Waals surface area contributed by atoms with Crippen LogP contribution in [0.5, 0.6) is 0 Å². The smallest absolute Gasteiger partial charge is 0.341 e. The largest absolute Gasteiger partial charge is 0.477 e. The van der Waals surface area contributed by atoms with Crippen molar-refractivity contribution in [3.63, 3.8) is 0 Å². The molecule has 3 aromatic rings. The van der Waals surface area contributed by atoms with Gasteiger partial charge >= 0.3 is 5.97 Å². The maximum atomic E-state index is 13.0. The third kappa shape index (κ3) is 4.22. The normalized spacial score (nSPS) is 16.8. The molecular weight excluding hydrogens is 408 g/mol. The SMILES string of the molecule is Cc1cc(C(C)Nc2nn(C)cc2C(=O)O)c2oc(N3CCC(C)(C)CC3)cc(=O)c2c1. The number of aryl methyl sites for hydroxylation is 2. The Hall–Kier alpha value is -3.29. The molecule has 0 bridgehead atoms. The van der Waals surface area contributed by atoms with Crippen molar-refractivity contribution < 1.29 is 14.3 Å². The first-order valence-corrected chi connectivity index (χ1v) is 10.9. The number of aromatic nitrogens is 2. The van der Waals surface area contributed by atoms with Gasteiger partial charge in [-0.2, -0.15) is 5.10 Å². The van der Waals surface area contributed by atoms with Crippen molar-refractivity contribution in [1.29, 1.82) is 0 Å². The lowest BCUT2D eigenvalue weighted by Gasteiger charge is -2.37. The number of hydrogen-bond donors (Lipinski definition) is 2. The number of benzene rings is 1. The van der Waals surface area contributed by atoms with Crippen LogP contribution >= 0.6 is 0 Å². The van der Waals surface area contributed by atoms with E-state index in [0.717, 1.165) is 37.1 Å². The first kappa shape index (κ1) is 21.9. The summed E-state index contributed by atoms with van der Waals surface area (Å²) in [5.41, 5.74) is 2.55. The number of nitrogens with zero attached hydrogens (tertiary/aromatic N) is 3. The minimum atomic E-state index is -1.05. The van der Waals surface area contributed by atoms with Crippen LogP contribution in [0.2, 0.25) is 0 Å². The van der Waals surface area contributed by atoms with Crippen molar-refractivity contribution in [3.05, 3.63) is 51.3 Å². The van der Waals surface area contributed by atoms with Gasteiger partial charge in [-0.25, -0.2) is 4.79 Å². The summed E-state index contributed by atoms with van der Waals surface area (Å²) in [6.07, 6.45) is 3.53. The summed E-state index contributed by atoms with van der Waals surface area (Å²) in [4.78, 5) is 26.7. The Bertz CT molecular complexity index is 1230. The van der Waals surface area contributed by atoms with Gasteiger partial charge in [-0.1, -0.05) is 19.9 Å². The van der Waals surface area contributed by atoms with Gasteiger partial charge in [0.05, 0.1) is 11.4 Å². The molecular formula is C24H30N4O4. The van der Waals surface area contributed by atoms with Crippen LogP contribution in [-0.2, 0) is 7.05 Å². The van der Waals surface area contributed by atoms with Gasteiger partial charge < -0.3 is 19.7 Å². The fraction of sp³-hybridized carbons (Fsp3) is 0.458. The summed E-state index contributed by atoms with van der Waals surface area (Å²) >= 11 is 0. The molecule has 1 saturated heterocycles. The van der Waals surface area contributed by atoms with E-state index in [4.69, 9.17) is 4.42 Å². The fourth-order valence-corrected chi connectivity index (χ4v) is 4.27. The van der Waals surface area contributed by atoms with Crippen molar-refractivity contribution in [1.82, 2.24) is 9.78 Å². The molecule has 0 saturated carbocycles. The monoisotopic (exact) mass is 438 g/mol. The van der Waals surface area contributed by atoms with Gasteiger partial charge in [-0.3, -0.25) is 9.48 Å². The molecule has 2 aromatic heterocycles. The molecule has 4 rings (SSSR count). The summed E-state index contributed by atoms with van der Waals surface area (Å²) in [6.45, 7) is 10.0. The third-order valence-corrected chi connectivity index (χ3v) is 6.30. The van der Waals surface area contributed by atoms with Crippen LogP contribution in [0.1, 0.15) is 61.1 Å². The molecule has 170 valence electrons. The number of piperidine rings is 1. The van der Waals surface area contributed by atoms with Gasteiger partial charge in [-0.15, -0.1) is 0 Å². The molecule has 0 spiro atoms. The Morgan fingerprint density at radius 1 is 1.25 bits per heavy atom. The van der Waals surface area contributed by atoms with E-state index in [9.17, 15) is 14.7 Å². The van der Waals surface area contributed by atoms with E-state index in [2.05, 4.69) is 29.2 Å². The first-order valence-electron chi connectivity index (χ1n) is 10.9. The predicted molar refractivity (Wildman–Crippen MR) is 125 cm³/mol. The van der Waals surface area contributed by atoms with Crippen molar-refractivity contribution >= 4 is 28.6 Å². The maximum absolute atomic E-state index is 13.0. The Morgan fingerprint density at radius 2 is 1.94 bits per heavy atom. The molecule has 8 nitrogen and oxygen atoms in total. The van der Waals surface area contributed by atoms with Gasteiger partial charge in [0.1, 0.15) is 11.1 Å². The fourth-order valence-electron chi connectivity index (χ4n) is 4.27. The maximum Gasteiger partial charge on any atom is 0.341 e. The topological polar surface area (TPSA) is 101 Å². The van der Waals surface area contributed by atoms with E-state index in [1.54, 1.807) is 13.1 Å². The highest BCUT2D eigenvalue weighted by Crippen LogP contribution is 2.34. The summed E-state index contributed by atoms with van der Waals surface area (Å²) < 4.78 is 7.78. The van der Waals surface area contributed by atoms with Crippen molar-refractivity contribution in [2.24, 2.45) is 12.5 Å². The molecule has 0 aliphatic carbocycles. The van der Waals surface area contributed by atoms with Crippen LogP contribution in [0.4, 0.5) is 11.7 Å². The Balaban J connectivity index is 1.75. The van der Waals surface area contributed by atoms with E-state index in [0.29, 0.717) is 22.3 Å². The number of fused-ring (bicyclic) bond motifs is 1. The molecule has 1 aliphatic heterocycles. The summed E-state index contributed by atoms with van der Waals surface area (Å²) in [6, 6.07) is 5.06. The molecule has 0 radical (unpaired) electrons. The van der Waals surface area contributed by atoms with Crippen LogP contribution in [0.3, 0.4) is 0 Å². The molecule has 8 heteroatoms. The highest BCUT2D eigenvalue weighted by Gasteiger charge is 2.27. The Morgan fingerprint density at radius 3 is 2.59 bits per heavy atom.